The van der Waals surface area contributed by atoms with Crippen LogP contribution in [0.2, 0.25) is 0 Å². The van der Waals surface area contributed by atoms with Gasteiger partial charge in [0.1, 0.15) is 23.0 Å². The molecule has 0 fully saturated rings. The van der Waals surface area contributed by atoms with E-state index in [9.17, 15) is 22.0 Å². The molecule has 0 atom stereocenters. The molecule has 230 valence electrons. The number of carbonyl (C=O) groups is 1. The Balaban J connectivity index is 1.53. The van der Waals surface area contributed by atoms with Crippen LogP contribution in [0.4, 0.5) is 20.2 Å². The second-order valence-corrected chi connectivity index (χ2v) is 13.3. The van der Waals surface area contributed by atoms with Gasteiger partial charge >= 0.3 is 0 Å². The summed E-state index contributed by atoms with van der Waals surface area (Å²) in [5.74, 6) is -0.840. The second-order valence-electron chi connectivity index (χ2n) is 11.3. The second kappa shape index (κ2) is 11.6. The molecule has 5 aromatic rings. The topological polar surface area (TPSA) is 82.6 Å². The lowest BCUT2D eigenvalue weighted by atomic mass is 9.96. The van der Waals surface area contributed by atoms with Crippen molar-refractivity contribution in [1.82, 2.24) is 5.32 Å². The van der Waals surface area contributed by atoms with Gasteiger partial charge in [0.05, 0.1) is 17.5 Å². The molecule has 0 spiro atoms. The number of sulfonamides is 1. The summed E-state index contributed by atoms with van der Waals surface area (Å²) >= 11 is 0. The minimum absolute atomic E-state index is 0.245. The Hall–Kier alpha value is -4.83. The van der Waals surface area contributed by atoms with E-state index in [0.29, 0.717) is 34.3 Å². The average molecular weight is 629 g/mol. The summed E-state index contributed by atoms with van der Waals surface area (Å²) in [5, 5.41) is 3.14. The number of furan rings is 1. The van der Waals surface area contributed by atoms with E-state index in [-0.39, 0.29) is 17.1 Å². The molecule has 0 unspecified atom stereocenters. The molecule has 2 heterocycles. The first-order chi connectivity index (χ1) is 21.4. The van der Waals surface area contributed by atoms with Gasteiger partial charge in [0.15, 0.2) is 12.3 Å². The maximum absolute atomic E-state index is 14.0. The molecule has 1 N–H and O–H groups in total. The number of anilines is 1. The van der Waals surface area contributed by atoms with E-state index >= 15 is 0 Å². The number of amides is 1. The van der Waals surface area contributed by atoms with Gasteiger partial charge in [-0.1, -0.05) is 18.2 Å². The normalized spacial score (nSPS) is 13.2. The monoisotopic (exact) mass is 628 g/mol. The van der Waals surface area contributed by atoms with Gasteiger partial charge in [-0.05, 0) is 60.5 Å². The first-order valence-electron chi connectivity index (χ1n) is 14.4. The number of aryl methyl sites for hydroxylation is 1. The van der Waals surface area contributed by atoms with E-state index in [1.54, 1.807) is 18.2 Å². The number of halogens is 2. The van der Waals surface area contributed by atoms with Crippen LogP contribution in [0.5, 0.6) is 0 Å². The van der Waals surface area contributed by atoms with E-state index < -0.39 is 21.7 Å². The highest BCUT2D eigenvalue weighted by molar-refractivity contribution is 7.92. The van der Waals surface area contributed by atoms with Gasteiger partial charge in [-0.2, -0.15) is 4.58 Å². The zero-order chi connectivity index (χ0) is 32.0. The molecule has 0 aliphatic carbocycles. The quantitative estimate of drug-likeness (QED) is 0.196. The highest BCUT2D eigenvalue weighted by Crippen LogP contribution is 2.41. The van der Waals surface area contributed by atoms with Crippen LogP contribution in [-0.4, -0.2) is 45.0 Å². The summed E-state index contributed by atoms with van der Waals surface area (Å²) in [4.78, 5) is 13.2. The zero-order valence-corrected chi connectivity index (χ0v) is 26.1. The van der Waals surface area contributed by atoms with Crippen LogP contribution in [-0.2, 0) is 23.0 Å². The largest absolute Gasteiger partial charge is 0.455 e. The van der Waals surface area contributed by atoms with Crippen LogP contribution < -0.4 is 9.62 Å². The predicted molar refractivity (Wildman–Crippen MR) is 173 cm³/mol. The lowest BCUT2D eigenvalue weighted by Gasteiger charge is -2.21. The van der Waals surface area contributed by atoms with Gasteiger partial charge in [-0.25, -0.2) is 17.2 Å². The van der Waals surface area contributed by atoms with E-state index in [1.807, 2.05) is 30.3 Å². The molecule has 10 heteroatoms. The van der Waals surface area contributed by atoms with E-state index in [1.165, 1.54) is 54.4 Å². The Morgan fingerprint density at radius 3 is 2.40 bits per heavy atom. The SMILES string of the molecule is CNC(=O)c1c(-c2ccc(F)cc2)oc2cc(N(C)S(C)(=O)=O)c(-c3cccc(C[N+]4=C(C)CCc5cc(F)ccc54)c3)cc12. The van der Waals surface area contributed by atoms with Crippen molar-refractivity contribution in [2.75, 3.05) is 24.7 Å². The van der Waals surface area contributed by atoms with Gasteiger partial charge in [0.2, 0.25) is 15.7 Å². The highest BCUT2D eigenvalue weighted by atomic mass is 32.2. The van der Waals surface area contributed by atoms with Crippen LogP contribution in [0, 0.1) is 11.6 Å². The first kappa shape index (κ1) is 30.2. The van der Waals surface area contributed by atoms with Crippen LogP contribution >= 0.6 is 0 Å². The van der Waals surface area contributed by atoms with Crippen molar-refractivity contribution in [3.63, 3.8) is 0 Å². The van der Waals surface area contributed by atoms with Gasteiger partial charge in [0.25, 0.3) is 5.91 Å². The third kappa shape index (κ3) is 5.73. The third-order valence-corrected chi connectivity index (χ3v) is 9.52. The minimum atomic E-state index is -3.68. The number of nitrogens with one attached hydrogen (secondary N) is 1. The molecule has 1 aliphatic rings. The van der Waals surface area contributed by atoms with Gasteiger partial charge in [0, 0.05) is 67.2 Å². The molecule has 1 amide bonds. The number of benzene rings is 4. The van der Waals surface area contributed by atoms with Gasteiger partial charge < -0.3 is 9.73 Å². The molecule has 45 heavy (non-hydrogen) atoms. The summed E-state index contributed by atoms with van der Waals surface area (Å²) in [6.45, 7) is 2.60. The minimum Gasteiger partial charge on any atom is -0.455 e. The smallest absolute Gasteiger partial charge is 0.255 e. The summed E-state index contributed by atoms with van der Waals surface area (Å²) in [7, 11) is -0.705. The molecule has 4 aromatic carbocycles. The van der Waals surface area contributed by atoms with Crippen molar-refractivity contribution in [1.29, 1.82) is 0 Å². The van der Waals surface area contributed by atoms with Gasteiger partial charge in [-0.3, -0.25) is 9.10 Å². The Labute approximate surface area is 260 Å². The average Bonchev–Trinajstić information content (AvgIpc) is 3.39. The molecule has 6 rings (SSSR count). The Morgan fingerprint density at radius 1 is 0.956 bits per heavy atom. The Morgan fingerprint density at radius 2 is 1.69 bits per heavy atom. The molecule has 0 saturated heterocycles. The molecule has 0 radical (unpaired) electrons. The molecule has 1 aromatic heterocycles. The highest BCUT2D eigenvalue weighted by Gasteiger charge is 2.27. The van der Waals surface area contributed by atoms with E-state index in [2.05, 4.69) is 16.8 Å². The fraction of sp³-hybridized carbons (Fsp3) is 0.200. The first-order valence-corrected chi connectivity index (χ1v) is 16.3. The van der Waals surface area contributed by atoms with Crippen molar-refractivity contribution < 1.29 is 31.0 Å². The van der Waals surface area contributed by atoms with E-state index in [4.69, 9.17) is 4.42 Å². The molecule has 1 aliphatic heterocycles. The number of hydrogen-bond donors (Lipinski definition) is 1. The van der Waals surface area contributed by atoms with Crippen LogP contribution in [0.1, 0.15) is 34.8 Å². The number of rotatable bonds is 7. The van der Waals surface area contributed by atoms with Crippen molar-refractivity contribution in [2.24, 2.45) is 0 Å². The number of hydrogen-bond acceptors (Lipinski definition) is 4. The maximum atomic E-state index is 14.0. The van der Waals surface area contributed by atoms with Crippen molar-refractivity contribution in [3.8, 4) is 22.5 Å². The summed E-state index contributed by atoms with van der Waals surface area (Å²) in [6, 6.07) is 21.7. The lowest BCUT2D eigenvalue weighted by Crippen LogP contribution is -2.25. The van der Waals surface area contributed by atoms with Crippen molar-refractivity contribution in [2.45, 2.75) is 26.3 Å². The van der Waals surface area contributed by atoms with Crippen LogP contribution in [0.25, 0.3) is 33.4 Å². The van der Waals surface area contributed by atoms with Crippen molar-refractivity contribution >= 4 is 44.0 Å². The fourth-order valence-electron chi connectivity index (χ4n) is 5.87. The Bertz CT molecular complexity index is 2120. The van der Waals surface area contributed by atoms with Crippen LogP contribution in [0.15, 0.2) is 83.3 Å². The third-order valence-electron chi connectivity index (χ3n) is 8.33. The molecule has 0 bridgehead atoms. The standard InChI is InChI=1S/C35H31F2N3O4S/c1-21-8-9-25-17-27(37)14-15-30(25)40(21)20-22-6-5-7-24(16-22)28-18-29-32(19-31(28)39(3)45(4,42)43)44-34(33(29)35(41)38-2)23-10-12-26(36)13-11-23/h5-7,10-19H,8-9,20H2,1-4H3/p+1. The maximum Gasteiger partial charge on any atom is 0.255 e. The van der Waals surface area contributed by atoms with E-state index in [0.717, 1.165) is 41.5 Å². The Kier molecular flexibility index (Phi) is 7.78. The summed E-state index contributed by atoms with van der Waals surface area (Å²) in [6.07, 6.45) is 2.71. The van der Waals surface area contributed by atoms with Crippen LogP contribution in [0.3, 0.4) is 0 Å². The number of fused-ring (bicyclic) bond motifs is 2. The predicted octanol–water partition coefficient (Wildman–Crippen LogP) is 7.05. The molecule has 7 nitrogen and oxygen atoms in total. The summed E-state index contributed by atoms with van der Waals surface area (Å²) in [5.41, 5.74) is 6.80. The zero-order valence-electron chi connectivity index (χ0n) is 25.3. The number of nitrogens with zero attached hydrogens (tertiary/aromatic N) is 2. The number of carbonyl (C=O) groups excluding carboxylic acids is 1. The fourth-order valence-corrected chi connectivity index (χ4v) is 6.38. The lowest BCUT2D eigenvalue weighted by molar-refractivity contribution is -0.462. The van der Waals surface area contributed by atoms with Crippen molar-refractivity contribution in [3.05, 3.63) is 107 Å². The summed E-state index contributed by atoms with van der Waals surface area (Å²) < 4.78 is 62.8. The molecular formula is C35H32F2N3O4S+. The molecular weight excluding hydrogens is 596 g/mol. The van der Waals surface area contributed by atoms with Gasteiger partial charge in [-0.15, -0.1) is 0 Å². The molecule has 0 saturated carbocycles.